The molecule has 1 aliphatic heterocycles. The van der Waals surface area contributed by atoms with Crippen LogP contribution in [-0.2, 0) is 24.3 Å². The molecule has 1 aromatic rings. The molecule has 0 N–H and O–H groups in total. The van der Waals surface area contributed by atoms with Gasteiger partial charge in [0.05, 0.1) is 12.4 Å². The Bertz CT molecular complexity index is 411. The monoisotopic (exact) mass is 249 g/mol. The molecule has 4 heteroatoms. The number of amides is 1. The van der Waals surface area contributed by atoms with Crippen LogP contribution in [0.15, 0.2) is 6.20 Å². The predicted octanol–water partition coefficient (Wildman–Crippen LogP) is 2.37. The first-order valence-electron chi connectivity index (χ1n) is 7.07. The molecule has 0 atom stereocenters. The van der Waals surface area contributed by atoms with Crippen molar-refractivity contribution in [3.8, 4) is 0 Å². The fourth-order valence-corrected chi connectivity index (χ4v) is 2.47. The van der Waals surface area contributed by atoms with Crippen LogP contribution in [0.1, 0.15) is 51.0 Å². The van der Waals surface area contributed by atoms with Crippen LogP contribution >= 0.6 is 0 Å². The van der Waals surface area contributed by atoms with Gasteiger partial charge in [0.1, 0.15) is 5.82 Å². The molecule has 1 fully saturated rings. The summed E-state index contributed by atoms with van der Waals surface area (Å²) >= 11 is 0. The molecule has 100 valence electrons. The second-order valence-electron chi connectivity index (χ2n) is 5.02. The lowest BCUT2D eigenvalue weighted by atomic mass is 10.3. The molecule has 0 bridgehead atoms. The number of nitrogens with zero attached hydrogens (tertiary/aromatic N) is 3. The highest BCUT2D eigenvalue weighted by Gasteiger charge is 2.21. The van der Waals surface area contributed by atoms with E-state index in [1.165, 1.54) is 0 Å². The number of carbonyl (C=O) groups is 1. The first-order valence-corrected chi connectivity index (χ1v) is 7.07. The highest BCUT2D eigenvalue weighted by molar-refractivity contribution is 5.77. The number of rotatable bonds is 6. The van der Waals surface area contributed by atoms with Crippen LogP contribution in [0.3, 0.4) is 0 Å². The van der Waals surface area contributed by atoms with Crippen molar-refractivity contribution in [3.63, 3.8) is 0 Å². The van der Waals surface area contributed by atoms with Crippen LogP contribution in [0.2, 0.25) is 0 Å². The summed E-state index contributed by atoms with van der Waals surface area (Å²) in [7, 11) is 0. The normalized spacial score (nSPS) is 15.7. The van der Waals surface area contributed by atoms with Gasteiger partial charge in [-0.2, -0.15) is 0 Å². The van der Waals surface area contributed by atoms with Gasteiger partial charge in [0, 0.05) is 25.6 Å². The highest BCUT2D eigenvalue weighted by atomic mass is 16.2. The SMILES string of the molecule is CCCc1cn(CN2CCCC2=O)c(CCC)n1. The predicted molar refractivity (Wildman–Crippen MR) is 71.2 cm³/mol. The number of likely N-dealkylation sites (tertiary alicyclic amines) is 1. The Labute approximate surface area is 109 Å². The Morgan fingerprint density at radius 3 is 2.67 bits per heavy atom. The topological polar surface area (TPSA) is 38.1 Å². The summed E-state index contributed by atoms with van der Waals surface area (Å²) in [4.78, 5) is 18.3. The molecule has 18 heavy (non-hydrogen) atoms. The lowest BCUT2D eigenvalue weighted by Crippen LogP contribution is -2.27. The summed E-state index contributed by atoms with van der Waals surface area (Å²) in [5, 5.41) is 0. The second kappa shape index (κ2) is 6.03. The first kappa shape index (κ1) is 13.1. The van der Waals surface area contributed by atoms with E-state index < -0.39 is 0 Å². The third-order valence-corrected chi connectivity index (χ3v) is 3.38. The van der Waals surface area contributed by atoms with Gasteiger partial charge in [-0.1, -0.05) is 20.3 Å². The smallest absolute Gasteiger partial charge is 0.224 e. The Morgan fingerprint density at radius 1 is 1.28 bits per heavy atom. The molecule has 0 spiro atoms. The Balaban J connectivity index is 2.11. The molecule has 0 radical (unpaired) electrons. The Hall–Kier alpha value is -1.32. The van der Waals surface area contributed by atoms with Crippen LogP contribution < -0.4 is 0 Å². The van der Waals surface area contributed by atoms with E-state index in [2.05, 4.69) is 29.6 Å². The van der Waals surface area contributed by atoms with Gasteiger partial charge < -0.3 is 9.47 Å². The standard InChI is InChI=1S/C14H23N3O/c1-3-6-12-10-17(13(15-12)7-4-2)11-16-9-5-8-14(16)18/h10H,3-9,11H2,1-2H3. The van der Waals surface area contributed by atoms with Crippen molar-refractivity contribution in [2.75, 3.05) is 6.54 Å². The molecule has 1 aromatic heterocycles. The number of hydrogen-bond donors (Lipinski definition) is 0. The first-order chi connectivity index (χ1) is 8.74. The minimum absolute atomic E-state index is 0.281. The van der Waals surface area contributed by atoms with E-state index in [1.807, 2.05) is 4.90 Å². The molecular weight excluding hydrogens is 226 g/mol. The lowest BCUT2D eigenvalue weighted by molar-refractivity contribution is -0.129. The average molecular weight is 249 g/mol. The number of aromatic nitrogens is 2. The molecule has 1 amide bonds. The summed E-state index contributed by atoms with van der Waals surface area (Å²) in [5.74, 6) is 1.41. The zero-order valence-electron chi connectivity index (χ0n) is 11.5. The molecule has 1 saturated heterocycles. The van der Waals surface area contributed by atoms with E-state index >= 15 is 0 Å². The second-order valence-corrected chi connectivity index (χ2v) is 5.02. The summed E-state index contributed by atoms with van der Waals surface area (Å²) in [6.07, 6.45) is 8.06. The van der Waals surface area contributed by atoms with Crippen molar-refractivity contribution in [3.05, 3.63) is 17.7 Å². The van der Waals surface area contributed by atoms with Gasteiger partial charge in [-0.25, -0.2) is 4.98 Å². The van der Waals surface area contributed by atoms with Crippen molar-refractivity contribution in [1.82, 2.24) is 14.5 Å². The van der Waals surface area contributed by atoms with Gasteiger partial charge in [0.25, 0.3) is 0 Å². The molecule has 0 aromatic carbocycles. The summed E-state index contributed by atoms with van der Waals surface area (Å²) in [6, 6.07) is 0. The number of aryl methyl sites for hydroxylation is 2. The van der Waals surface area contributed by atoms with Gasteiger partial charge >= 0.3 is 0 Å². The van der Waals surface area contributed by atoms with Crippen LogP contribution in [0.5, 0.6) is 0 Å². The zero-order chi connectivity index (χ0) is 13.0. The average Bonchev–Trinajstić information content (AvgIpc) is 2.89. The summed E-state index contributed by atoms with van der Waals surface area (Å²) < 4.78 is 2.16. The maximum atomic E-state index is 11.7. The maximum absolute atomic E-state index is 11.7. The van der Waals surface area contributed by atoms with Crippen molar-refractivity contribution in [2.24, 2.45) is 0 Å². The van der Waals surface area contributed by atoms with Gasteiger partial charge in [-0.3, -0.25) is 4.79 Å². The fourth-order valence-electron chi connectivity index (χ4n) is 2.47. The number of carbonyl (C=O) groups excluding carboxylic acids is 1. The van der Waals surface area contributed by atoms with E-state index in [9.17, 15) is 4.79 Å². The number of imidazole rings is 1. The maximum Gasteiger partial charge on any atom is 0.224 e. The third-order valence-electron chi connectivity index (χ3n) is 3.38. The summed E-state index contributed by atoms with van der Waals surface area (Å²) in [6.45, 7) is 5.92. The molecule has 0 saturated carbocycles. The number of hydrogen-bond acceptors (Lipinski definition) is 2. The summed E-state index contributed by atoms with van der Waals surface area (Å²) in [5.41, 5.74) is 1.16. The lowest BCUT2D eigenvalue weighted by Gasteiger charge is -2.17. The van der Waals surface area contributed by atoms with Gasteiger partial charge in [-0.15, -0.1) is 0 Å². The zero-order valence-corrected chi connectivity index (χ0v) is 11.5. The van der Waals surface area contributed by atoms with E-state index in [4.69, 9.17) is 0 Å². The van der Waals surface area contributed by atoms with Crippen LogP contribution in [0, 0.1) is 0 Å². The molecule has 2 rings (SSSR count). The van der Waals surface area contributed by atoms with Crippen LogP contribution in [0.25, 0.3) is 0 Å². The van der Waals surface area contributed by atoms with E-state index in [-0.39, 0.29) is 5.91 Å². The van der Waals surface area contributed by atoms with Crippen LogP contribution in [-0.4, -0.2) is 26.9 Å². The quantitative estimate of drug-likeness (QED) is 0.776. The third kappa shape index (κ3) is 2.92. The van der Waals surface area contributed by atoms with Gasteiger partial charge in [0.2, 0.25) is 5.91 Å². The molecule has 4 nitrogen and oxygen atoms in total. The van der Waals surface area contributed by atoms with Crippen molar-refractivity contribution < 1.29 is 4.79 Å². The largest absolute Gasteiger partial charge is 0.325 e. The van der Waals surface area contributed by atoms with Gasteiger partial charge in [-0.05, 0) is 19.3 Å². The molecular formula is C14H23N3O. The van der Waals surface area contributed by atoms with Crippen LogP contribution in [0.4, 0.5) is 0 Å². The molecule has 1 aliphatic rings. The van der Waals surface area contributed by atoms with Crippen molar-refractivity contribution in [1.29, 1.82) is 0 Å². The Kier molecular flexibility index (Phi) is 4.39. The Morgan fingerprint density at radius 2 is 2.06 bits per heavy atom. The molecule has 2 heterocycles. The van der Waals surface area contributed by atoms with Gasteiger partial charge in [0.15, 0.2) is 0 Å². The minimum Gasteiger partial charge on any atom is -0.325 e. The minimum atomic E-state index is 0.281. The van der Waals surface area contributed by atoms with Crippen molar-refractivity contribution in [2.45, 2.75) is 59.0 Å². The highest BCUT2D eigenvalue weighted by Crippen LogP contribution is 2.14. The van der Waals surface area contributed by atoms with Crippen molar-refractivity contribution >= 4 is 5.91 Å². The van der Waals surface area contributed by atoms with E-state index in [0.717, 1.165) is 50.2 Å². The molecule has 0 aliphatic carbocycles. The van der Waals surface area contributed by atoms with E-state index in [0.29, 0.717) is 13.1 Å². The molecule has 0 unspecified atom stereocenters. The van der Waals surface area contributed by atoms with E-state index in [1.54, 1.807) is 0 Å². The fraction of sp³-hybridized carbons (Fsp3) is 0.714.